The van der Waals surface area contributed by atoms with Crippen LogP contribution in [0.1, 0.15) is 11.5 Å². The molecule has 0 radical (unpaired) electrons. The number of H-pyrrole nitrogens is 1. The smallest absolute Gasteiger partial charge is 0.290 e. The van der Waals surface area contributed by atoms with Crippen molar-refractivity contribution in [2.45, 2.75) is 13.8 Å². The lowest BCUT2D eigenvalue weighted by molar-refractivity contribution is 0.393. The van der Waals surface area contributed by atoms with Crippen molar-refractivity contribution in [3.63, 3.8) is 0 Å². The number of pyridine rings is 1. The van der Waals surface area contributed by atoms with Crippen molar-refractivity contribution < 1.29 is 9.26 Å². The van der Waals surface area contributed by atoms with Gasteiger partial charge in [-0.2, -0.15) is 0 Å². The third-order valence-corrected chi connectivity index (χ3v) is 3.16. The van der Waals surface area contributed by atoms with Crippen molar-refractivity contribution in [2.24, 2.45) is 0 Å². The molecule has 0 saturated heterocycles. The van der Waals surface area contributed by atoms with Gasteiger partial charge in [-0.3, -0.25) is 4.79 Å². The minimum absolute atomic E-state index is 0.235. The SMILES string of the molecule is Cc1noc(C)c1-c1c[nH]c(=O)c(Oc2ccccc2)c1. The van der Waals surface area contributed by atoms with Crippen LogP contribution in [-0.4, -0.2) is 10.1 Å². The molecule has 0 bridgehead atoms. The molecule has 0 saturated carbocycles. The van der Waals surface area contributed by atoms with Crippen molar-refractivity contribution in [1.82, 2.24) is 10.1 Å². The van der Waals surface area contributed by atoms with Crippen LogP contribution in [0.15, 0.2) is 51.9 Å². The summed E-state index contributed by atoms with van der Waals surface area (Å²) in [6.45, 7) is 3.69. The molecule has 3 rings (SSSR count). The van der Waals surface area contributed by atoms with E-state index in [9.17, 15) is 4.79 Å². The first-order valence-electron chi connectivity index (χ1n) is 6.54. The zero-order valence-electron chi connectivity index (χ0n) is 11.7. The summed E-state index contributed by atoms with van der Waals surface area (Å²) in [6.07, 6.45) is 1.63. The van der Waals surface area contributed by atoms with Gasteiger partial charge in [0.2, 0.25) is 0 Å². The fourth-order valence-electron chi connectivity index (χ4n) is 2.19. The summed E-state index contributed by atoms with van der Waals surface area (Å²) in [5, 5.41) is 3.92. The number of aromatic nitrogens is 2. The Hall–Kier alpha value is -2.82. The minimum Gasteiger partial charge on any atom is -0.452 e. The molecule has 0 unspecified atom stereocenters. The Bertz CT molecular complexity index is 800. The minimum atomic E-state index is -0.283. The molecule has 0 fully saturated rings. The zero-order chi connectivity index (χ0) is 14.8. The van der Waals surface area contributed by atoms with E-state index in [2.05, 4.69) is 10.1 Å². The van der Waals surface area contributed by atoms with E-state index in [0.717, 1.165) is 16.8 Å². The first-order valence-corrected chi connectivity index (χ1v) is 6.54. The lowest BCUT2D eigenvalue weighted by Gasteiger charge is -2.06. The molecule has 0 aliphatic carbocycles. The van der Waals surface area contributed by atoms with Crippen LogP contribution in [0.2, 0.25) is 0 Å². The van der Waals surface area contributed by atoms with Crippen molar-refractivity contribution in [3.8, 4) is 22.6 Å². The maximum Gasteiger partial charge on any atom is 0.290 e. The predicted octanol–water partition coefficient (Wildman–Crippen LogP) is 3.44. The number of aromatic amines is 1. The topological polar surface area (TPSA) is 68.1 Å². The van der Waals surface area contributed by atoms with Crippen molar-refractivity contribution in [1.29, 1.82) is 0 Å². The van der Waals surface area contributed by atoms with Gasteiger partial charge in [0.25, 0.3) is 5.56 Å². The summed E-state index contributed by atoms with van der Waals surface area (Å²) in [5.41, 5.74) is 2.15. The number of nitrogens with zero attached hydrogens (tertiary/aromatic N) is 1. The molecule has 0 amide bonds. The molecule has 3 aromatic rings. The normalized spacial score (nSPS) is 10.6. The molecule has 5 nitrogen and oxygen atoms in total. The van der Waals surface area contributed by atoms with E-state index >= 15 is 0 Å². The van der Waals surface area contributed by atoms with E-state index in [0.29, 0.717) is 11.5 Å². The average Bonchev–Trinajstić information content (AvgIpc) is 2.82. The van der Waals surface area contributed by atoms with Crippen LogP contribution in [0.25, 0.3) is 11.1 Å². The number of benzene rings is 1. The van der Waals surface area contributed by atoms with Gasteiger partial charge in [-0.15, -0.1) is 0 Å². The van der Waals surface area contributed by atoms with Crippen LogP contribution in [-0.2, 0) is 0 Å². The highest BCUT2D eigenvalue weighted by molar-refractivity contribution is 5.67. The van der Waals surface area contributed by atoms with E-state index in [1.54, 1.807) is 24.4 Å². The van der Waals surface area contributed by atoms with E-state index in [1.807, 2.05) is 32.0 Å². The standard InChI is InChI=1S/C16H14N2O3/c1-10-15(11(2)21-18-10)12-8-14(16(19)17-9-12)20-13-6-4-3-5-7-13/h3-9H,1-2H3,(H,17,19). The first kappa shape index (κ1) is 13.2. The largest absolute Gasteiger partial charge is 0.452 e. The Morgan fingerprint density at radius 1 is 1.19 bits per heavy atom. The number of hydrogen-bond donors (Lipinski definition) is 1. The predicted molar refractivity (Wildman–Crippen MR) is 78.5 cm³/mol. The Morgan fingerprint density at radius 3 is 2.62 bits per heavy atom. The second-order valence-electron chi connectivity index (χ2n) is 4.70. The number of ether oxygens (including phenoxy) is 1. The van der Waals surface area contributed by atoms with E-state index in [-0.39, 0.29) is 11.3 Å². The summed E-state index contributed by atoms with van der Waals surface area (Å²) in [4.78, 5) is 14.6. The van der Waals surface area contributed by atoms with E-state index in [1.165, 1.54) is 0 Å². The summed E-state index contributed by atoms with van der Waals surface area (Å²) in [6, 6.07) is 10.9. The van der Waals surface area contributed by atoms with E-state index < -0.39 is 0 Å². The average molecular weight is 282 g/mol. The fraction of sp³-hybridized carbons (Fsp3) is 0.125. The third kappa shape index (κ3) is 2.58. The number of hydrogen-bond acceptors (Lipinski definition) is 4. The van der Waals surface area contributed by atoms with Crippen LogP contribution >= 0.6 is 0 Å². The van der Waals surface area contributed by atoms with Gasteiger partial charge < -0.3 is 14.2 Å². The molecule has 2 aromatic heterocycles. The van der Waals surface area contributed by atoms with Gasteiger partial charge in [0.15, 0.2) is 5.75 Å². The quantitative estimate of drug-likeness (QED) is 0.799. The maximum atomic E-state index is 11.9. The number of aryl methyl sites for hydroxylation is 2. The lowest BCUT2D eigenvalue weighted by Crippen LogP contribution is -2.08. The number of nitrogens with one attached hydrogen (secondary N) is 1. The summed E-state index contributed by atoms with van der Waals surface area (Å²) in [5.74, 6) is 1.54. The monoisotopic (exact) mass is 282 g/mol. The molecule has 106 valence electrons. The van der Waals surface area contributed by atoms with Crippen LogP contribution in [0, 0.1) is 13.8 Å². The van der Waals surface area contributed by atoms with Crippen LogP contribution in [0.5, 0.6) is 11.5 Å². The molecule has 0 spiro atoms. The van der Waals surface area contributed by atoms with Crippen molar-refractivity contribution >= 4 is 0 Å². The van der Waals surface area contributed by atoms with Gasteiger partial charge in [-0.1, -0.05) is 23.4 Å². The fourth-order valence-corrected chi connectivity index (χ4v) is 2.19. The molecule has 21 heavy (non-hydrogen) atoms. The summed E-state index contributed by atoms with van der Waals surface area (Å²) < 4.78 is 10.8. The van der Waals surface area contributed by atoms with Crippen LogP contribution in [0.4, 0.5) is 0 Å². The van der Waals surface area contributed by atoms with Gasteiger partial charge in [0.05, 0.1) is 5.69 Å². The highest BCUT2D eigenvalue weighted by Gasteiger charge is 2.14. The highest BCUT2D eigenvalue weighted by atomic mass is 16.5. The molecule has 0 aliphatic heterocycles. The van der Waals surface area contributed by atoms with E-state index in [4.69, 9.17) is 9.26 Å². The van der Waals surface area contributed by atoms with Gasteiger partial charge in [0.1, 0.15) is 11.5 Å². The summed E-state index contributed by atoms with van der Waals surface area (Å²) >= 11 is 0. The molecular weight excluding hydrogens is 268 g/mol. The van der Waals surface area contributed by atoms with Crippen LogP contribution in [0.3, 0.4) is 0 Å². The second-order valence-corrected chi connectivity index (χ2v) is 4.70. The summed E-state index contributed by atoms with van der Waals surface area (Å²) in [7, 11) is 0. The molecular formula is C16H14N2O3. The molecule has 2 heterocycles. The van der Waals surface area contributed by atoms with Gasteiger partial charge in [0, 0.05) is 17.3 Å². The Morgan fingerprint density at radius 2 is 1.95 bits per heavy atom. The van der Waals surface area contributed by atoms with Crippen molar-refractivity contribution in [3.05, 3.63) is 64.4 Å². The zero-order valence-corrected chi connectivity index (χ0v) is 11.7. The van der Waals surface area contributed by atoms with Crippen molar-refractivity contribution in [2.75, 3.05) is 0 Å². The number of rotatable bonds is 3. The molecule has 0 atom stereocenters. The Labute approximate surface area is 121 Å². The maximum absolute atomic E-state index is 11.9. The highest BCUT2D eigenvalue weighted by Crippen LogP contribution is 2.28. The first-order chi connectivity index (χ1) is 10.1. The third-order valence-electron chi connectivity index (χ3n) is 3.16. The molecule has 0 aliphatic rings. The van der Waals surface area contributed by atoms with Gasteiger partial charge >= 0.3 is 0 Å². The van der Waals surface area contributed by atoms with Crippen LogP contribution < -0.4 is 10.3 Å². The number of para-hydroxylation sites is 1. The second kappa shape index (κ2) is 5.28. The Kier molecular flexibility index (Phi) is 3.31. The molecule has 1 N–H and O–H groups in total. The molecule has 5 heteroatoms. The molecule has 1 aromatic carbocycles. The Balaban J connectivity index is 2.03. The van der Waals surface area contributed by atoms with Gasteiger partial charge in [-0.05, 0) is 32.0 Å². The van der Waals surface area contributed by atoms with Gasteiger partial charge in [-0.25, -0.2) is 0 Å². The lowest BCUT2D eigenvalue weighted by atomic mass is 10.1.